The molecule has 0 aromatic heterocycles. The zero-order valence-electron chi connectivity index (χ0n) is 11.1. The Kier molecular flexibility index (Phi) is 3.89. The number of carbonyl (C=O) groups excluding carboxylic acids is 1. The van der Waals surface area contributed by atoms with Crippen LogP contribution in [0, 0.1) is 5.82 Å². The second kappa shape index (κ2) is 5.61. The third-order valence-corrected chi connectivity index (χ3v) is 2.95. The molecule has 0 radical (unpaired) electrons. The number of anilines is 1. The van der Waals surface area contributed by atoms with Gasteiger partial charge in [-0.3, -0.25) is 0 Å². The molecule has 2 N–H and O–H groups in total. The molecule has 0 unspecified atom stereocenters. The summed E-state index contributed by atoms with van der Waals surface area (Å²) in [7, 11) is 2.56. The van der Waals surface area contributed by atoms with Crippen molar-refractivity contribution < 1.29 is 18.7 Å². The zero-order chi connectivity index (χ0) is 14.7. The van der Waals surface area contributed by atoms with Gasteiger partial charge in [-0.1, -0.05) is 30.3 Å². The molecule has 0 spiro atoms. The molecule has 0 amide bonds. The van der Waals surface area contributed by atoms with E-state index in [1.807, 2.05) is 6.07 Å². The summed E-state index contributed by atoms with van der Waals surface area (Å²) in [5.74, 6) is -1.28. The van der Waals surface area contributed by atoms with Crippen molar-refractivity contribution in [3.05, 3.63) is 47.8 Å². The van der Waals surface area contributed by atoms with Crippen LogP contribution < -0.4 is 10.5 Å². The number of halogens is 1. The first-order chi connectivity index (χ1) is 9.60. The highest BCUT2D eigenvalue weighted by molar-refractivity contribution is 5.97. The van der Waals surface area contributed by atoms with Gasteiger partial charge in [0.15, 0.2) is 11.6 Å². The first-order valence-corrected chi connectivity index (χ1v) is 5.89. The summed E-state index contributed by atoms with van der Waals surface area (Å²) in [6.45, 7) is 0. The van der Waals surface area contributed by atoms with Crippen LogP contribution in [-0.2, 0) is 4.74 Å². The average Bonchev–Trinajstić information content (AvgIpc) is 2.49. The Morgan fingerprint density at radius 3 is 2.40 bits per heavy atom. The normalized spacial score (nSPS) is 10.2. The van der Waals surface area contributed by atoms with E-state index in [2.05, 4.69) is 4.74 Å². The first kappa shape index (κ1) is 13.9. The van der Waals surface area contributed by atoms with E-state index in [1.165, 1.54) is 20.3 Å². The summed E-state index contributed by atoms with van der Waals surface area (Å²) in [5.41, 5.74) is 6.44. The lowest BCUT2D eigenvalue weighted by Gasteiger charge is -2.14. The molecule has 2 aromatic rings. The van der Waals surface area contributed by atoms with Crippen molar-refractivity contribution in [2.45, 2.75) is 0 Å². The lowest BCUT2D eigenvalue weighted by Crippen LogP contribution is -2.08. The van der Waals surface area contributed by atoms with Crippen molar-refractivity contribution >= 4 is 11.7 Å². The fourth-order valence-corrected chi connectivity index (χ4v) is 1.97. The Hall–Kier alpha value is -2.56. The zero-order valence-corrected chi connectivity index (χ0v) is 11.1. The maximum absolute atomic E-state index is 14.3. The summed E-state index contributed by atoms with van der Waals surface area (Å²) < 4.78 is 24.0. The number of hydrogen-bond donors (Lipinski definition) is 1. The molecule has 2 rings (SSSR count). The van der Waals surface area contributed by atoms with Gasteiger partial charge in [0.25, 0.3) is 0 Å². The van der Waals surface area contributed by atoms with Crippen molar-refractivity contribution in [3.8, 4) is 16.9 Å². The predicted molar refractivity (Wildman–Crippen MR) is 74.1 cm³/mol. The average molecular weight is 275 g/mol. The van der Waals surface area contributed by atoms with Gasteiger partial charge in [-0.2, -0.15) is 0 Å². The fraction of sp³-hybridized carbons (Fsp3) is 0.133. The molecule has 2 aromatic carbocycles. The van der Waals surface area contributed by atoms with Gasteiger partial charge < -0.3 is 15.2 Å². The molecule has 0 aliphatic rings. The van der Waals surface area contributed by atoms with E-state index < -0.39 is 11.8 Å². The predicted octanol–water partition coefficient (Wildman–Crippen LogP) is 2.87. The quantitative estimate of drug-likeness (QED) is 0.691. The van der Waals surface area contributed by atoms with Crippen LogP contribution in [0.15, 0.2) is 36.4 Å². The van der Waals surface area contributed by atoms with E-state index in [0.29, 0.717) is 5.56 Å². The van der Waals surface area contributed by atoms with Gasteiger partial charge in [0.1, 0.15) is 11.3 Å². The summed E-state index contributed by atoms with van der Waals surface area (Å²) >= 11 is 0. The van der Waals surface area contributed by atoms with Crippen LogP contribution in [-0.4, -0.2) is 20.2 Å². The topological polar surface area (TPSA) is 61.5 Å². The van der Waals surface area contributed by atoms with Gasteiger partial charge in [-0.05, 0) is 11.6 Å². The largest absolute Gasteiger partial charge is 0.494 e. The van der Waals surface area contributed by atoms with E-state index >= 15 is 0 Å². The minimum atomic E-state index is -0.634. The standard InChI is InChI=1S/C15H14FNO3/c1-19-14-11(15(18)20-2)8-10(12(16)13(14)17)9-6-4-3-5-7-9/h3-8H,17H2,1-2H3. The number of benzene rings is 2. The SMILES string of the molecule is COC(=O)c1cc(-c2ccccc2)c(F)c(N)c1OC. The molecule has 4 nitrogen and oxygen atoms in total. The highest BCUT2D eigenvalue weighted by Gasteiger charge is 2.22. The lowest BCUT2D eigenvalue weighted by atomic mass is 10.00. The molecule has 0 atom stereocenters. The smallest absolute Gasteiger partial charge is 0.341 e. The highest BCUT2D eigenvalue weighted by atomic mass is 19.1. The molecule has 0 aliphatic heterocycles. The number of esters is 1. The molecule has 20 heavy (non-hydrogen) atoms. The van der Waals surface area contributed by atoms with Crippen molar-refractivity contribution in [2.75, 3.05) is 20.0 Å². The fourth-order valence-electron chi connectivity index (χ4n) is 1.97. The molecule has 0 fully saturated rings. The molecule has 0 saturated heterocycles. The number of ether oxygens (including phenoxy) is 2. The minimum absolute atomic E-state index is 0.0194. The second-order valence-electron chi connectivity index (χ2n) is 4.09. The Bertz CT molecular complexity index is 641. The number of carbonyl (C=O) groups is 1. The first-order valence-electron chi connectivity index (χ1n) is 5.89. The minimum Gasteiger partial charge on any atom is -0.494 e. The van der Waals surface area contributed by atoms with Crippen LogP contribution >= 0.6 is 0 Å². The summed E-state index contributed by atoms with van der Waals surface area (Å²) in [4.78, 5) is 11.8. The van der Waals surface area contributed by atoms with Crippen molar-refractivity contribution in [1.82, 2.24) is 0 Å². The Morgan fingerprint density at radius 2 is 1.85 bits per heavy atom. The van der Waals surface area contributed by atoms with Gasteiger partial charge in [0, 0.05) is 5.56 Å². The Balaban J connectivity index is 2.71. The van der Waals surface area contributed by atoms with Gasteiger partial charge in [-0.25, -0.2) is 9.18 Å². The van der Waals surface area contributed by atoms with E-state index in [1.54, 1.807) is 24.3 Å². The maximum atomic E-state index is 14.3. The number of rotatable bonds is 3. The summed E-state index contributed by atoms with van der Waals surface area (Å²) in [6.07, 6.45) is 0. The third-order valence-electron chi connectivity index (χ3n) is 2.95. The van der Waals surface area contributed by atoms with Crippen LogP contribution in [0.1, 0.15) is 10.4 Å². The van der Waals surface area contributed by atoms with E-state index in [4.69, 9.17) is 10.5 Å². The molecule has 104 valence electrons. The van der Waals surface area contributed by atoms with Crippen molar-refractivity contribution in [1.29, 1.82) is 0 Å². The molecular weight excluding hydrogens is 261 g/mol. The Morgan fingerprint density at radius 1 is 1.20 bits per heavy atom. The van der Waals surface area contributed by atoms with E-state index in [-0.39, 0.29) is 22.6 Å². The third kappa shape index (κ3) is 2.30. The molecule has 5 heteroatoms. The van der Waals surface area contributed by atoms with Gasteiger partial charge in [0.2, 0.25) is 0 Å². The van der Waals surface area contributed by atoms with E-state index in [0.717, 1.165) is 0 Å². The molecule has 0 aliphatic carbocycles. The lowest BCUT2D eigenvalue weighted by molar-refractivity contribution is 0.0597. The summed E-state index contributed by atoms with van der Waals surface area (Å²) in [5, 5.41) is 0. The number of hydrogen-bond acceptors (Lipinski definition) is 4. The van der Waals surface area contributed by atoms with Crippen LogP contribution in [0.2, 0.25) is 0 Å². The molecular formula is C15H14FNO3. The second-order valence-corrected chi connectivity index (χ2v) is 4.09. The van der Waals surface area contributed by atoms with Crippen LogP contribution in [0.25, 0.3) is 11.1 Å². The number of nitrogen functional groups attached to an aromatic ring is 1. The maximum Gasteiger partial charge on any atom is 0.341 e. The monoisotopic (exact) mass is 275 g/mol. The van der Waals surface area contributed by atoms with Gasteiger partial charge >= 0.3 is 5.97 Å². The molecule has 0 saturated carbocycles. The highest BCUT2D eigenvalue weighted by Crippen LogP contribution is 2.36. The van der Waals surface area contributed by atoms with Crippen LogP contribution in [0.3, 0.4) is 0 Å². The van der Waals surface area contributed by atoms with E-state index in [9.17, 15) is 9.18 Å². The van der Waals surface area contributed by atoms with Crippen LogP contribution in [0.4, 0.5) is 10.1 Å². The number of methoxy groups -OCH3 is 2. The van der Waals surface area contributed by atoms with Crippen LogP contribution in [0.5, 0.6) is 5.75 Å². The van der Waals surface area contributed by atoms with Gasteiger partial charge in [0.05, 0.1) is 14.2 Å². The summed E-state index contributed by atoms with van der Waals surface area (Å²) in [6, 6.07) is 10.2. The Labute approximate surface area is 115 Å². The van der Waals surface area contributed by atoms with Crippen molar-refractivity contribution in [2.24, 2.45) is 0 Å². The number of nitrogens with two attached hydrogens (primary N) is 1. The van der Waals surface area contributed by atoms with Gasteiger partial charge in [-0.15, -0.1) is 0 Å². The van der Waals surface area contributed by atoms with Crippen molar-refractivity contribution in [3.63, 3.8) is 0 Å². The molecule has 0 bridgehead atoms. The molecule has 0 heterocycles.